The monoisotopic (exact) mass is 356 g/mol. The SMILES string of the molecule is COc1ccc(NC(=O)C(=O)NCc2ccc(-c3cccs3)o2)cc1. The number of carbonyl (C=O) groups is 2. The molecule has 2 heterocycles. The zero-order valence-corrected chi connectivity index (χ0v) is 14.3. The summed E-state index contributed by atoms with van der Waals surface area (Å²) in [5, 5.41) is 7.02. The summed E-state index contributed by atoms with van der Waals surface area (Å²) in [6.45, 7) is 0.139. The van der Waals surface area contributed by atoms with E-state index in [9.17, 15) is 9.59 Å². The molecule has 0 saturated heterocycles. The van der Waals surface area contributed by atoms with Gasteiger partial charge in [0.2, 0.25) is 0 Å². The number of furan rings is 1. The highest BCUT2D eigenvalue weighted by Gasteiger charge is 2.14. The fourth-order valence-electron chi connectivity index (χ4n) is 2.13. The maximum Gasteiger partial charge on any atom is 0.313 e. The third-order valence-corrected chi connectivity index (χ3v) is 4.29. The van der Waals surface area contributed by atoms with E-state index in [0.717, 1.165) is 10.6 Å². The third kappa shape index (κ3) is 4.27. The first kappa shape index (κ1) is 16.8. The van der Waals surface area contributed by atoms with Crippen molar-refractivity contribution in [3.05, 3.63) is 59.7 Å². The van der Waals surface area contributed by atoms with Crippen molar-refractivity contribution in [2.45, 2.75) is 6.54 Å². The number of rotatable bonds is 5. The number of anilines is 1. The van der Waals surface area contributed by atoms with Crippen LogP contribution in [0.25, 0.3) is 10.6 Å². The molecule has 0 saturated carbocycles. The molecule has 0 aliphatic rings. The Balaban J connectivity index is 1.52. The van der Waals surface area contributed by atoms with Gasteiger partial charge in [0, 0.05) is 5.69 Å². The van der Waals surface area contributed by atoms with Crippen molar-refractivity contribution in [3.8, 4) is 16.4 Å². The van der Waals surface area contributed by atoms with Gasteiger partial charge in [-0.3, -0.25) is 9.59 Å². The number of amides is 2. The first-order chi connectivity index (χ1) is 12.2. The van der Waals surface area contributed by atoms with E-state index in [1.807, 2.05) is 23.6 Å². The molecule has 0 radical (unpaired) electrons. The van der Waals surface area contributed by atoms with Crippen LogP contribution < -0.4 is 15.4 Å². The Hall–Kier alpha value is -3.06. The predicted octanol–water partition coefficient (Wildman–Crippen LogP) is 3.27. The van der Waals surface area contributed by atoms with Gasteiger partial charge in [0.1, 0.15) is 17.3 Å². The first-order valence-electron chi connectivity index (χ1n) is 7.51. The van der Waals surface area contributed by atoms with Crippen LogP contribution >= 0.6 is 11.3 Å². The van der Waals surface area contributed by atoms with Crippen molar-refractivity contribution >= 4 is 28.8 Å². The first-order valence-corrected chi connectivity index (χ1v) is 8.39. The van der Waals surface area contributed by atoms with E-state index >= 15 is 0 Å². The van der Waals surface area contributed by atoms with Crippen molar-refractivity contribution in [2.24, 2.45) is 0 Å². The van der Waals surface area contributed by atoms with E-state index in [-0.39, 0.29) is 6.54 Å². The average molecular weight is 356 g/mol. The molecule has 7 heteroatoms. The summed E-state index contributed by atoms with van der Waals surface area (Å²) in [7, 11) is 1.56. The predicted molar refractivity (Wildman–Crippen MR) is 95.5 cm³/mol. The molecular weight excluding hydrogens is 340 g/mol. The van der Waals surface area contributed by atoms with Gasteiger partial charge in [-0.1, -0.05) is 6.07 Å². The summed E-state index contributed by atoms with van der Waals surface area (Å²) in [5.41, 5.74) is 0.513. The Labute approximate surface area is 148 Å². The largest absolute Gasteiger partial charge is 0.497 e. The second kappa shape index (κ2) is 7.67. The number of benzene rings is 1. The lowest BCUT2D eigenvalue weighted by atomic mass is 10.3. The Morgan fingerprint density at radius 3 is 2.56 bits per heavy atom. The molecule has 3 rings (SSSR count). The van der Waals surface area contributed by atoms with E-state index in [1.165, 1.54) is 0 Å². The fraction of sp³-hybridized carbons (Fsp3) is 0.111. The minimum Gasteiger partial charge on any atom is -0.497 e. The van der Waals surface area contributed by atoms with E-state index in [0.29, 0.717) is 17.2 Å². The van der Waals surface area contributed by atoms with Gasteiger partial charge in [0.15, 0.2) is 0 Å². The Morgan fingerprint density at radius 1 is 1.08 bits per heavy atom. The van der Waals surface area contributed by atoms with Crippen molar-refractivity contribution in [1.29, 1.82) is 0 Å². The van der Waals surface area contributed by atoms with Gasteiger partial charge < -0.3 is 19.8 Å². The van der Waals surface area contributed by atoms with Gasteiger partial charge in [0.05, 0.1) is 18.5 Å². The molecule has 0 aliphatic carbocycles. The highest BCUT2D eigenvalue weighted by atomic mass is 32.1. The number of thiophene rings is 1. The van der Waals surface area contributed by atoms with Crippen molar-refractivity contribution in [1.82, 2.24) is 5.32 Å². The second-order valence-corrected chi connectivity index (χ2v) is 6.06. The van der Waals surface area contributed by atoms with Crippen molar-refractivity contribution in [2.75, 3.05) is 12.4 Å². The quantitative estimate of drug-likeness (QED) is 0.688. The van der Waals surface area contributed by atoms with Gasteiger partial charge in [0.25, 0.3) is 0 Å². The molecule has 0 atom stereocenters. The van der Waals surface area contributed by atoms with Gasteiger partial charge in [-0.15, -0.1) is 11.3 Å². The summed E-state index contributed by atoms with van der Waals surface area (Å²) >= 11 is 1.57. The van der Waals surface area contributed by atoms with E-state index in [4.69, 9.17) is 9.15 Å². The fourth-order valence-corrected chi connectivity index (χ4v) is 2.82. The van der Waals surface area contributed by atoms with E-state index < -0.39 is 11.8 Å². The molecule has 0 aliphatic heterocycles. The van der Waals surface area contributed by atoms with Gasteiger partial charge in [-0.2, -0.15) is 0 Å². The minimum absolute atomic E-state index is 0.139. The van der Waals surface area contributed by atoms with Gasteiger partial charge in [-0.05, 0) is 47.8 Å². The molecule has 2 aromatic heterocycles. The summed E-state index contributed by atoms with van der Waals surface area (Å²) in [4.78, 5) is 24.8. The summed E-state index contributed by atoms with van der Waals surface area (Å²) in [6.07, 6.45) is 0. The maximum atomic E-state index is 11.9. The maximum absolute atomic E-state index is 11.9. The molecule has 25 heavy (non-hydrogen) atoms. The van der Waals surface area contributed by atoms with Crippen LogP contribution in [0.1, 0.15) is 5.76 Å². The van der Waals surface area contributed by atoms with Crippen LogP contribution in [0.2, 0.25) is 0 Å². The third-order valence-electron chi connectivity index (χ3n) is 3.40. The molecule has 6 nitrogen and oxygen atoms in total. The number of nitrogens with one attached hydrogen (secondary N) is 2. The Morgan fingerprint density at radius 2 is 1.88 bits per heavy atom. The normalized spacial score (nSPS) is 10.3. The van der Waals surface area contributed by atoms with Crippen LogP contribution in [0.3, 0.4) is 0 Å². The number of carbonyl (C=O) groups excluding carboxylic acids is 2. The van der Waals surface area contributed by atoms with Crippen LogP contribution in [0.5, 0.6) is 5.75 Å². The highest BCUT2D eigenvalue weighted by Crippen LogP contribution is 2.26. The molecule has 128 valence electrons. The summed E-state index contributed by atoms with van der Waals surface area (Å²) in [5.74, 6) is 0.512. The molecule has 0 spiro atoms. The number of hydrogen-bond acceptors (Lipinski definition) is 5. The van der Waals surface area contributed by atoms with Crippen LogP contribution in [0, 0.1) is 0 Å². The highest BCUT2D eigenvalue weighted by molar-refractivity contribution is 7.13. The Kier molecular flexibility index (Phi) is 5.15. The van der Waals surface area contributed by atoms with Gasteiger partial charge >= 0.3 is 11.8 Å². The lowest BCUT2D eigenvalue weighted by Crippen LogP contribution is -2.34. The number of methoxy groups -OCH3 is 1. The van der Waals surface area contributed by atoms with Gasteiger partial charge in [-0.25, -0.2) is 0 Å². The average Bonchev–Trinajstić information content (AvgIpc) is 3.31. The number of ether oxygens (including phenoxy) is 1. The van der Waals surface area contributed by atoms with Crippen LogP contribution in [-0.2, 0) is 16.1 Å². The second-order valence-electron chi connectivity index (χ2n) is 5.11. The minimum atomic E-state index is -0.741. The van der Waals surface area contributed by atoms with Crippen molar-refractivity contribution in [3.63, 3.8) is 0 Å². The Bertz CT molecular complexity index is 854. The molecular formula is C18H16N2O4S. The lowest BCUT2D eigenvalue weighted by Gasteiger charge is -2.06. The summed E-state index contributed by atoms with van der Waals surface area (Å²) < 4.78 is 10.7. The molecule has 1 aromatic carbocycles. The van der Waals surface area contributed by atoms with Crippen LogP contribution in [-0.4, -0.2) is 18.9 Å². The smallest absolute Gasteiger partial charge is 0.313 e. The standard InChI is InChI=1S/C18H16N2O4S/c1-23-13-6-4-12(5-7-13)20-18(22)17(21)19-11-14-8-9-15(24-14)16-3-2-10-25-16/h2-10H,11H2,1H3,(H,19,21)(H,20,22). The van der Waals surface area contributed by atoms with Crippen molar-refractivity contribution < 1.29 is 18.7 Å². The molecule has 0 fully saturated rings. The topological polar surface area (TPSA) is 80.6 Å². The zero-order chi connectivity index (χ0) is 17.6. The zero-order valence-electron chi connectivity index (χ0n) is 13.4. The number of hydrogen-bond donors (Lipinski definition) is 2. The summed E-state index contributed by atoms with van der Waals surface area (Å²) in [6, 6.07) is 14.2. The molecule has 2 N–H and O–H groups in total. The van der Waals surface area contributed by atoms with Crippen LogP contribution in [0.4, 0.5) is 5.69 Å². The van der Waals surface area contributed by atoms with Crippen LogP contribution in [0.15, 0.2) is 58.3 Å². The molecule has 0 unspecified atom stereocenters. The molecule has 3 aromatic rings. The lowest BCUT2D eigenvalue weighted by molar-refractivity contribution is -0.136. The molecule has 2 amide bonds. The van der Waals surface area contributed by atoms with E-state index in [2.05, 4.69) is 10.6 Å². The molecule has 0 bridgehead atoms. The van der Waals surface area contributed by atoms with E-state index in [1.54, 1.807) is 48.8 Å².